The van der Waals surface area contributed by atoms with Crippen molar-refractivity contribution < 1.29 is 4.55 Å². The van der Waals surface area contributed by atoms with E-state index >= 15 is 0 Å². The molecule has 1 atom stereocenters. The molecule has 1 aromatic heterocycles. The van der Waals surface area contributed by atoms with Crippen LogP contribution in [0.5, 0.6) is 0 Å². The van der Waals surface area contributed by atoms with Crippen LogP contribution in [0.4, 0.5) is 0 Å². The number of aromatic nitrogens is 2. The lowest BCUT2D eigenvalue weighted by Crippen LogP contribution is -2.38. The number of hydrogen-bond donors (Lipinski definition) is 1. The number of nitrogens with one attached hydrogen (secondary N) is 1. The van der Waals surface area contributed by atoms with E-state index in [9.17, 15) is 14.1 Å². The van der Waals surface area contributed by atoms with E-state index in [4.69, 9.17) is 0 Å². The minimum Gasteiger partial charge on any atom is -0.610 e. The third kappa shape index (κ3) is 4.71. The second kappa shape index (κ2) is 9.20. The van der Waals surface area contributed by atoms with Gasteiger partial charge in [0.2, 0.25) is 5.03 Å². The summed E-state index contributed by atoms with van der Waals surface area (Å²) in [6, 6.07) is 27.0. The van der Waals surface area contributed by atoms with E-state index in [0.29, 0.717) is 5.56 Å². The minimum absolute atomic E-state index is 0.169. The fourth-order valence-electron chi connectivity index (χ4n) is 3.48. The highest BCUT2D eigenvalue weighted by molar-refractivity contribution is 7.90. The lowest BCUT2D eigenvalue weighted by molar-refractivity contribution is 0.582. The molecule has 0 aliphatic carbocycles. The fourth-order valence-corrected chi connectivity index (χ4v) is 4.74. The molecule has 0 saturated heterocycles. The molecule has 3 aromatic carbocycles. The van der Waals surface area contributed by atoms with Crippen LogP contribution in [-0.2, 0) is 23.5 Å². The average Bonchev–Trinajstić information content (AvgIpc) is 2.80. The van der Waals surface area contributed by atoms with Crippen molar-refractivity contribution in [2.24, 2.45) is 0 Å². The lowest BCUT2D eigenvalue weighted by atomic mass is 10.0. The van der Waals surface area contributed by atoms with Gasteiger partial charge >= 0.3 is 5.69 Å². The van der Waals surface area contributed by atoms with Gasteiger partial charge in [-0.05, 0) is 29.7 Å². The van der Waals surface area contributed by atoms with Gasteiger partial charge in [0.25, 0.3) is 5.56 Å². The molecule has 1 unspecified atom stereocenters. The van der Waals surface area contributed by atoms with Crippen molar-refractivity contribution in [1.29, 1.82) is 0 Å². The molecule has 0 amide bonds. The Morgan fingerprint density at radius 3 is 2.16 bits per heavy atom. The van der Waals surface area contributed by atoms with Crippen LogP contribution in [0.1, 0.15) is 16.7 Å². The van der Waals surface area contributed by atoms with Crippen molar-refractivity contribution >= 4 is 11.2 Å². The minimum atomic E-state index is -1.55. The first-order valence-electron chi connectivity index (χ1n) is 9.93. The molecule has 156 valence electrons. The molecule has 1 N–H and O–H groups in total. The van der Waals surface area contributed by atoms with Crippen molar-refractivity contribution in [1.82, 2.24) is 9.55 Å². The Bertz CT molecular complexity index is 1300. The van der Waals surface area contributed by atoms with E-state index in [2.05, 4.69) is 4.98 Å². The fraction of sp³-hybridized carbons (Fsp3) is 0.120. The molecular weight excluding hydrogens is 408 g/mol. The van der Waals surface area contributed by atoms with Crippen LogP contribution < -0.4 is 11.2 Å². The van der Waals surface area contributed by atoms with E-state index in [1.54, 1.807) is 6.92 Å². The number of rotatable bonds is 6. The maximum atomic E-state index is 13.0. The van der Waals surface area contributed by atoms with Gasteiger partial charge in [0, 0.05) is 16.7 Å². The van der Waals surface area contributed by atoms with E-state index in [0.717, 1.165) is 26.8 Å². The SMILES string of the molecule is Cc1c([S+]([O-])Cc2cccc(-c3ccccc3)c2)[nH]c(=O)n(Cc2ccccc2)c1=O. The van der Waals surface area contributed by atoms with Crippen LogP contribution in [0, 0.1) is 6.92 Å². The van der Waals surface area contributed by atoms with Crippen molar-refractivity contribution in [2.75, 3.05) is 0 Å². The number of aromatic amines is 1. The van der Waals surface area contributed by atoms with E-state index < -0.39 is 22.4 Å². The third-order valence-electron chi connectivity index (χ3n) is 5.12. The predicted octanol–water partition coefficient (Wildman–Crippen LogP) is 3.87. The maximum Gasteiger partial charge on any atom is 0.332 e. The Labute approximate surface area is 183 Å². The zero-order valence-corrected chi connectivity index (χ0v) is 17.9. The maximum absolute atomic E-state index is 13.0. The van der Waals surface area contributed by atoms with Gasteiger partial charge in [0.1, 0.15) is 5.75 Å². The number of benzene rings is 3. The topological polar surface area (TPSA) is 77.9 Å². The molecule has 4 aromatic rings. The zero-order chi connectivity index (χ0) is 21.8. The third-order valence-corrected chi connectivity index (χ3v) is 6.57. The highest BCUT2D eigenvalue weighted by Gasteiger charge is 2.21. The molecule has 31 heavy (non-hydrogen) atoms. The standard InChI is InChI=1S/C25H22N2O3S/c1-18-23(26-25(29)27(24(18)28)16-19-9-4-2-5-10-19)31(30)17-20-11-8-14-22(15-20)21-12-6-3-7-13-21/h2-15H,16-17H2,1H3,(H,26,29). The second-order valence-electron chi connectivity index (χ2n) is 7.32. The van der Waals surface area contributed by atoms with Gasteiger partial charge in [-0.2, -0.15) is 0 Å². The summed E-state index contributed by atoms with van der Waals surface area (Å²) < 4.78 is 14.2. The van der Waals surface area contributed by atoms with Crippen LogP contribution in [0.2, 0.25) is 0 Å². The molecule has 0 saturated carbocycles. The lowest BCUT2D eigenvalue weighted by Gasteiger charge is -2.14. The van der Waals surface area contributed by atoms with Gasteiger partial charge in [-0.3, -0.25) is 14.3 Å². The van der Waals surface area contributed by atoms with Gasteiger partial charge in [0.15, 0.2) is 0 Å². The Kier molecular flexibility index (Phi) is 6.21. The van der Waals surface area contributed by atoms with Crippen molar-refractivity contribution in [2.45, 2.75) is 24.2 Å². The molecule has 0 spiro atoms. The van der Waals surface area contributed by atoms with Crippen LogP contribution in [0.3, 0.4) is 0 Å². The van der Waals surface area contributed by atoms with Crippen LogP contribution in [-0.4, -0.2) is 14.1 Å². The summed E-state index contributed by atoms with van der Waals surface area (Å²) in [7, 11) is 0. The molecular formula is C25H22N2O3S. The number of H-pyrrole nitrogens is 1. The number of nitrogens with zero attached hydrogens (tertiary/aromatic N) is 1. The van der Waals surface area contributed by atoms with Gasteiger partial charge < -0.3 is 4.55 Å². The first-order chi connectivity index (χ1) is 15.0. The Balaban J connectivity index is 1.60. The molecule has 0 aliphatic heterocycles. The summed E-state index contributed by atoms with van der Waals surface area (Å²) in [5, 5.41) is 0.185. The summed E-state index contributed by atoms with van der Waals surface area (Å²) in [6.07, 6.45) is 0. The second-order valence-corrected chi connectivity index (χ2v) is 8.71. The summed E-state index contributed by atoms with van der Waals surface area (Å²) in [5.74, 6) is 0.208. The summed E-state index contributed by atoms with van der Waals surface area (Å²) in [6.45, 7) is 1.77. The Morgan fingerprint density at radius 2 is 1.45 bits per heavy atom. The zero-order valence-electron chi connectivity index (χ0n) is 17.1. The highest BCUT2D eigenvalue weighted by Crippen LogP contribution is 2.22. The van der Waals surface area contributed by atoms with E-state index in [-0.39, 0.29) is 17.3 Å². The molecule has 0 fully saturated rings. The molecule has 5 nitrogen and oxygen atoms in total. The van der Waals surface area contributed by atoms with Crippen LogP contribution in [0.15, 0.2) is 99.5 Å². The predicted molar refractivity (Wildman–Crippen MR) is 124 cm³/mol. The van der Waals surface area contributed by atoms with Crippen molar-refractivity contribution in [3.8, 4) is 11.1 Å². The Morgan fingerprint density at radius 1 is 0.839 bits per heavy atom. The summed E-state index contributed by atoms with van der Waals surface area (Å²) in [5.41, 5.74) is 3.14. The molecule has 0 aliphatic rings. The molecule has 6 heteroatoms. The monoisotopic (exact) mass is 430 g/mol. The highest BCUT2D eigenvalue weighted by atomic mass is 32.2. The first-order valence-corrected chi connectivity index (χ1v) is 11.2. The molecule has 4 rings (SSSR count). The average molecular weight is 431 g/mol. The van der Waals surface area contributed by atoms with Crippen LogP contribution in [0.25, 0.3) is 11.1 Å². The van der Waals surface area contributed by atoms with Gasteiger partial charge in [0.05, 0.1) is 12.1 Å². The summed E-state index contributed by atoms with van der Waals surface area (Å²) in [4.78, 5) is 28.1. The molecule has 0 bridgehead atoms. The smallest absolute Gasteiger partial charge is 0.332 e. The van der Waals surface area contributed by atoms with Crippen molar-refractivity contribution in [3.05, 3.63) is 122 Å². The molecule has 1 heterocycles. The quantitative estimate of drug-likeness (QED) is 0.373. The molecule has 0 radical (unpaired) electrons. The first kappa shape index (κ1) is 20.9. The summed E-state index contributed by atoms with van der Waals surface area (Å²) >= 11 is -1.55. The van der Waals surface area contributed by atoms with Gasteiger partial charge in [-0.1, -0.05) is 78.9 Å². The Hall–Kier alpha value is -3.35. The van der Waals surface area contributed by atoms with E-state index in [1.165, 1.54) is 0 Å². The van der Waals surface area contributed by atoms with Gasteiger partial charge in [-0.25, -0.2) is 4.79 Å². The van der Waals surface area contributed by atoms with Crippen molar-refractivity contribution in [3.63, 3.8) is 0 Å². The van der Waals surface area contributed by atoms with Gasteiger partial charge in [-0.15, -0.1) is 0 Å². The largest absolute Gasteiger partial charge is 0.610 e. The normalized spacial score (nSPS) is 11.9. The number of hydrogen-bond acceptors (Lipinski definition) is 3. The van der Waals surface area contributed by atoms with E-state index in [1.807, 2.05) is 84.9 Å². The van der Waals surface area contributed by atoms with Crippen LogP contribution >= 0.6 is 0 Å².